The van der Waals surface area contributed by atoms with E-state index in [2.05, 4.69) is 47.8 Å². The number of aromatic nitrogens is 6. The first-order valence-corrected chi connectivity index (χ1v) is 14.1. The highest BCUT2D eigenvalue weighted by Crippen LogP contribution is 2.35. The van der Waals surface area contributed by atoms with Gasteiger partial charge in [0, 0.05) is 24.5 Å². The van der Waals surface area contributed by atoms with Crippen LogP contribution in [0.5, 0.6) is 11.5 Å². The lowest BCUT2D eigenvalue weighted by molar-refractivity contribution is 0.109. The Kier molecular flexibility index (Phi) is 9.28. The van der Waals surface area contributed by atoms with Gasteiger partial charge in [0.05, 0.1) is 30.5 Å². The molecule has 216 valence electrons. The number of hydrogen-bond donors (Lipinski definition) is 2. The van der Waals surface area contributed by atoms with Crippen molar-refractivity contribution in [1.82, 2.24) is 35.1 Å². The van der Waals surface area contributed by atoms with Gasteiger partial charge in [-0.05, 0) is 91.5 Å². The molecular formula is C29H35ClN8O3. The number of aliphatic hydroxyl groups excluding tert-OH is 1. The monoisotopic (exact) mass is 578 g/mol. The standard InChI is InChI=1S/C29H35ClN8O3/c1-19(39)16-37-10-8-21(9-11-37)22-5-7-26(28(13-22)40-3)34-29-31-14-24(15-32-29)23-4-6-25(30)27(12-23)41-20(2)17-38-18-33-35-36-38/h4-7,12-15,18-21,39H,8-11,16-17H2,1-3H3,(H,31,32,34). The molecule has 0 aliphatic carbocycles. The summed E-state index contributed by atoms with van der Waals surface area (Å²) in [5.41, 5.74) is 3.77. The van der Waals surface area contributed by atoms with E-state index in [9.17, 15) is 5.11 Å². The van der Waals surface area contributed by atoms with Crippen LogP contribution in [0.3, 0.4) is 0 Å². The number of piperidine rings is 1. The Bertz CT molecular complexity index is 1410. The van der Waals surface area contributed by atoms with Gasteiger partial charge in [-0.3, -0.25) is 0 Å². The predicted molar refractivity (Wildman–Crippen MR) is 157 cm³/mol. The average Bonchev–Trinajstić information content (AvgIpc) is 3.48. The number of tetrazole rings is 1. The van der Waals surface area contributed by atoms with Crippen LogP contribution < -0.4 is 14.8 Å². The molecule has 2 aromatic heterocycles. The van der Waals surface area contributed by atoms with Crippen LogP contribution in [0.15, 0.2) is 55.1 Å². The zero-order chi connectivity index (χ0) is 28.8. The smallest absolute Gasteiger partial charge is 0.227 e. The highest BCUT2D eigenvalue weighted by molar-refractivity contribution is 6.32. The number of likely N-dealkylation sites (tertiary alicyclic amines) is 1. The van der Waals surface area contributed by atoms with Crippen LogP contribution in [-0.4, -0.2) is 79.1 Å². The zero-order valence-corrected chi connectivity index (χ0v) is 24.2. The fourth-order valence-corrected chi connectivity index (χ4v) is 5.27. The van der Waals surface area contributed by atoms with Crippen LogP contribution in [0.2, 0.25) is 5.02 Å². The van der Waals surface area contributed by atoms with Crippen molar-refractivity contribution in [2.75, 3.05) is 32.1 Å². The Morgan fingerprint density at radius 3 is 2.49 bits per heavy atom. The molecule has 12 heteroatoms. The normalized spacial score (nSPS) is 15.8. The summed E-state index contributed by atoms with van der Waals surface area (Å²) in [4.78, 5) is 11.4. The van der Waals surface area contributed by atoms with E-state index in [-0.39, 0.29) is 12.2 Å². The van der Waals surface area contributed by atoms with Gasteiger partial charge in [-0.25, -0.2) is 14.6 Å². The molecule has 1 aliphatic heterocycles. The summed E-state index contributed by atoms with van der Waals surface area (Å²) >= 11 is 6.40. The number of benzene rings is 2. The van der Waals surface area contributed by atoms with E-state index in [0.717, 1.165) is 55.0 Å². The van der Waals surface area contributed by atoms with Crippen molar-refractivity contribution in [1.29, 1.82) is 0 Å². The summed E-state index contributed by atoms with van der Waals surface area (Å²) in [7, 11) is 1.67. The van der Waals surface area contributed by atoms with E-state index >= 15 is 0 Å². The van der Waals surface area contributed by atoms with Crippen molar-refractivity contribution >= 4 is 23.2 Å². The maximum absolute atomic E-state index is 9.68. The van der Waals surface area contributed by atoms with Crippen LogP contribution in [0, 0.1) is 0 Å². The first-order chi connectivity index (χ1) is 19.9. The average molecular weight is 579 g/mol. The zero-order valence-electron chi connectivity index (χ0n) is 23.4. The molecular weight excluding hydrogens is 544 g/mol. The summed E-state index contributed by atoms with van der Waals surface area (Å²) in [6, 6.07) is 11.8. The van der Waals surface area contributed by atoms with Crippen molar-refractivity contribution in [2.24, 2.45) is 0 Å². The summed E-state index contributed by atoms with van der Waals surface area (Å²) in [6.45, 7) is 6.96. The largest absolute Gasteiger partial charge is 0.495 e. The molecule has 2 atom stereocenters. The Morgan fingerprint density at radius 2 is 1.80 bits per heavy atom. The minimum Gasteiger partial charge on any atom is -0.495 e. The van der Waals surface area contributed by atoms with Crippen molar-refractivity contribution in [2.45, 2.75) is 51.4 Å². The maximum Gasteiger partial charge on any atom is 0.227 e. The third-order valence-electron chi connectivity index (χ3n) is 7.13. The van der Waals surface area contributed by atoms with E-state index < -0.39 is 0 Å². The van der Waals surface area contributed by atoms with Gasteiger partial charge >= 0.3 is 0 Å². The van der Waals surface area contributed by atoms with Crippen molar-refractivity contribution in [3.63, 3.8) is 0 Å². The topological polar surface area (TPSA) is 123 Å². The van der Waals surface area contributed by atoms with Gasteiger partial charge in [-0.2, -0.15) is 0 Å². The summed E-state index contributed by atoms with van der Waals surface area (Å²) in [5, 5.41) is 24.6. The molecule has 1 fully saturated rings. The number of β-amino-alcohol motifs (C(OH)–C–C–N with tert-alkyl or cyclic N) is 1. The minimum absolute atomic E-state index is 0.196. The third kappa shape index (κ3) is 7.49. The highest BCUT2D eigenvalue weighted by Gasteiger charge is 2.22. The molecule has 3 heterocycles. The van der Waals surface area contributed by atoms with Crippen LogP contribution >= 0.6 is 11.6 Å². The molecule has 4 aromatic rings. The number of anilines is 2. The molecule has 1 saturated heterocycles. The Balaban J connectivity index is 1.23. The molecule has 0 saturated carbocycles. The van der Waals surface area contributed by atoms with Crippen LogP contribution in [-0.2, 0) is 6.54 Å². The van der Waals surface area contributed by atoms with Crippen molar-refractivity contribution < 1.29 is 14.6 Å². The van der Waals surface area contributed by atoms with Gasteiger partial charge in [0.15, 0.2) is 0 Å². The van der Waals surface area contributed by atoms with E-state index in [4.69, 9.17) is 21.1 Å². The second-order valence-electron chi connectivity index (χ2n) is 10.4. The minimum atomic E-state index is -0.297. The predicted octanol–water partition coefficient (Wildman–Crippen LogP) is 4.56. The van der Waals surface area contributed by atoms with Gasteiger partial charge < -0.3 is 24.8 Å². The molecule has 2 N–H and O–H groups in total. The van der Waals surface area contributed by atoms with Crippen molar-refractivity contribution in [3.05, 3.63) is 65.7 Å². The second-order valence-corrected chi connectivity index (χ2v) is 10.8. The number of nitrogens with one attached hydrogen (secondary N) is 1. The van der Waals surface area contributed by atoms with Crippen LogP contribution in [0.4, 0.5) is 11.6 Å². The molecule has 0 bridgehead atoms. The van der Waals surface area contributed by atoms with Gasteiger partial charge in [0.25, 0.3) is 0 Å². The molecule has 11 nitrogen and oxygen atoms in total. The fraction of sp³-hybridized carbons (Fsp3) is 0.414. The summed E-state index contributed by atoms with van der Waals surface area (Å²) in [6.07, 6.45) is 6.68. The van der Waals surface area contributed by atoms with Crippen LogP contribution in [0.25, 0.3) is 11.1 Å². The number of nitrogens with zero attached hydrogens (tertiary/aromatic N) is 7. The summed E-state index contributed by atoms with van der Waals surface area (Å²) in [5.74, 6) is 2.24. The lowest BCUT2D eigenvalue weighted by Gasteiger charge is -2.33. The number of ether oxygens (including phenoxy) is 2. The number of aliphatic hydroxyl groups is 1. The van der Waals surface area contributed by atoms with E-state index in [0.29, 0.717) is 29.2 Å². The van der Waals surface area contributed by atoms with E-state index in [1.807, 2.05) is 32.0 Å². The summed E-state index contributed by atoms with van der Waals surface area (Å²) < 4.78 is 13.4. The maximum atomic E-state index is 9.68. The first kappa shape index (κ1) is 28.7. The van der Waals surface area contributed by atoms with E-state index in [1.165, 1.54) is 5.56 Å². The molecule has 5 rings (SSSR count). The SMILES string of the molecule is COc1cc(C2CCN(CC(C)O)CC2)ccc1Nc1ncc(-c2ccc(Cl)c(OC(C)Cn3cnnn3)c2)cn1. The Labute approximate surface area is 244 Å². The molecule has 1 aliphatic rings. The number of hydrogen-bond acceptors (Lipinski definition) is 10. The molecule has 0 radical (unpaired) electrons. The Morgan fingerprint density at radius 1 is 1.02 bits per heavy atom. The highest BCUT2D eigenvalue weighted by atomic mass is 35.5. The third-order valence-corrected chi connectivity index (χ3v) is 7.45. The van der Waals surface area contributed by atoms with Gasteiger partial charge in [0.1, 0.15) is 23.9 Å². The molecule has 0 amide bonds. The van der Waals surface area contributed by atoms with Gasteiger partial charge in [0.2, 0.25) is 5.95 Å². The number of halogens is 1. The molecule has 0 spiro atoms. The van der Waals surface area contributed by atoms with Gasteiger partial charge in [-0.1, -0.05) is 23.7 Å². The molecule has 2 aromatic carbocycles. The number of rotatable bonds is 11. The Hall–Kier alpha value is -3.80. The number of methoxy groups -OCH3 is 1. The van der Waals surface area contributed by atoms with Crippen LogP contribution in [0.1, 0.15) is 38.2 Å². The lowest BCUT2D eigenvalue weighted by atomic mass is 9.89. The van der Waals surface area contributed by atoms with Gasteiger partial charge in [-0.15, -0.1) is 5.10 Å². The second kappa shape index (κ2) is 13.2. The quantitative estimate of drug-likeness (QED) is 0.262. The molecule has 41 heavy (non-hydrogen) atoms. The first-order valence-electron chi connectivity index (χ1n) is 13.7. The molecule has 2 unspecified atom stereocenters. The van der Waals surface area contributed by atoms with Crippen molar-refractivity contribution in [3.8, 4) is 22.6 Å². The lowest BCUT2D eigenvalue weighted by Crippen LogP contribution is -2.37. The fourth-order valence-electron chi connectivity index (χ4n) is 5.10. The van der Waals surface area contributed by atoms with E-state index in [1.54, 1.807) is 36.6 Å².